The zero-order valence-electron chi connectivity index (χ0n) is 12.6. The average Bonchev–Trinajstić information content (AvgIpc) is 2.50. The first kappa shape index (κ1) is 15.2. The molecular weight excluding hydrogens is 269 g/mol. The predicted octanol–water partition coefficient (Wildman–Crippen LogP) is 4.10. The lowest BCUT2D eigenvalue weighted by molar-refractivity contribution is 0.422. The Balaban J connectivity index is 2.35. The van der Waals surface area contributed by atoms with Gasteiger partial charge in [0.1, 0.15) is 11.6 Å². The Labute approximate surface area is 124 Å². The van der Waals surface area contributed by atoms with Gasteiger partial charge in [-0.2, -0.15) is 4.98 Å². The summed E-state index contributed by atoms with van der Waals surface area (Å²) in [5.41, 5.74) is 0.781. The third-order valence-corrected chi connectivity index (χ3v) is 3.05. The number of aryl methyl sites for hydroxylation is 1. The van der Waals surface area contributed by atoms with E-state index in [2.05, 4.69) is 22.2 Å². The highest BCUT2D eigenvalue weighted by molar-refractivity contribution is 5.49. The number of ether oxygens (including phenoxy) is 1. The number of anilines is 1. The number of para-hydroxylation sites is 1. The summed E-state index contributed by atoms with van der Waals surface area (Å²) in [5.74, 6) is 1.57. The van der Waals surface area contributed by atoms with Crippen molar-refractivity contribution in [3.8, 4) is 11.6 Å². The largest absolute Gasteiger partial charge is 0.435 e. The molecule has 5 heteroatoms. The fourth-order valence-corrected chi connectivity index (χ4v) is 1.84. The van der Waals surface area contributed by atoms with E-state index in [1.807, 2.05) is 13.8 Å². The van der Waals surface area contributed by atoms with E-state index in [4.69, 9.17) is 4.74 Å². The molecule has 0 saturated heterocycles. The van der Waals surface area contributed by atoms with E-state index in [9.17, 15) is 4.39 Å². The summed E-state index contributed by atoms with van der Waals surface area (Å²) in [5, 5.41) is 3.25. The van der Waals surface area contributed by atoms with Gasteiger partial charge in [-0.3, -0.25) is 0 Å². The highest BCUT2D eigenvalue weighted by atomic mass is 19.1. The van der Waals surface area contributed by atoms with Crippen LogP contribution >= 0.6 is 0 Å². The molecule has 0 atom stereocenters. The minimum Gasteiger partial charge on any atom is -0.435 e. The molecule has 0 bridgehead atoms. The summed E-state index contributed by atoms with van der Waals surface area (Å²) in [6.07, 6.45) is 1.68. The smallest absolute Gasteiger partial charge is 0.227 e. The Kier molecular flexibility index (Phi) is 5.09. The number of nitrogens with one attached hydrogen (secondary N) is 1. The second kappa shape index (κ2) is 7.02. The molecule has 0 amide bonds. The lowest BCUT2D eigenvalue weighted by atomic mass is 10.3. The van der Waals surface area contributed by atoms with Crippen LogP contribution in [0.4, 0.5) is 10.2 Å². The minimum absolute atomic E-state index is 0.169. The highest BCUT2D eigenvalue weighted by Crippen LogP contribution is 2.28. The van der Waals surface area contributed by atoms with Gasteiger partial charge in [0, 0.05) is 13.0 Å². The van der Waals surface area contributed by atoms with E-state index < -0.39 is 5.82 Å². The number of nitrogens with zero attached hydrogens (tertiary/aromatic N) is 2. The van der Waals surface area contributed by atoms with Gasteiger partial charge in [-0.1, -0.05) is 26.0 Å². The zero-order chi connectivity index (χ0) is 15.2. The lowest BCUT2D eigenvalue weighted by Gasteiger charge is -2.14. The van der Waals surface area contributed by atoms with Crippen LogP contribution in [0.5, 0.6) is 11.6 Å². The van der Waals surface area contributed by atoms with Crippen molar-refractivity contribution in [1.82, 2.24) is 9.97 Å². The van der Waals surface area contributed by atoms with Crippen molar-refractivity contribution in [2.75, 3.05) is 11.9 Å². The Morgan fingerprint density at radius 2 is 1.95 bits per heavy atom. The van der Waals surface area contributed by atoms with Crippen molar-refractivity contribution in [2.45, 2.75) is 33.6 Å². The van der Waals surface area contributed by atoms with Crippen LogP contribution in [0.1, 0.15) is 31.7 Å². The van der Waals surface area contributed by atoms with Gasteiger partial charge in [0.2, 0.25) is 5.88 Å². The molecule has 4 nitrogen and oxygen atoms in total. The van der Waals surface area contributed by atoms with Crippen LogP contribution in [-0.2, 0) is 6.42 Å². The minimum atomic E-state index is -0.406. The van der Waals surface area contributed by atoms with Gasteiger partial charge in [0.05, 0.1) is 5.56 Å². The molecule has 2 aromatic rings. The summed E-state index contributed by atoms with van der Waals surface area (Å²) in [4.78, 5) is 8.81. The molecule has 0 unspecified atom stereocenters. The molecule has 0 aliphatic heterocycles. The Hall–Kier alpha value is -2.17. The summed E-state index contributed by atoms with van der Waals surface area (Å²) in [6, 6.07) is 6.30. The molecule has 0 aliphatic rings. The normalized spacial score (nSPS) is 10.5. The van der Waals surface area contributed by atoms with Crippen LogP contribution in [0, 0.1) is 12.7 Å². The first-order valence-electron chi connectivity index (χ1n) is 7.19. The zero-order valence-corrected chi connectivity index (χ0v) is 12.6. The Morgan fingerprint density at radius 1 is 1.19 bits per heavy atom. The van der Waals surface area contributed by atoms with Crippen molar-refractivity contribution in [3.63, 3.8) is 0 Å². The first-order chi connectivity index (χ1) is 10.2. The average molecular weight is 289 g/mol. The van der Waals surface area contributed by atoms with Crippen LogP contribution < -0.4 is 10.1 Å². The molecule has 0 aliphatic carbocycles. The molecule has 0 saturated carbocycles. The maximum Gasteiger partial charge on any atom is 0.227 e. The first-order valence-corrected chi connectivity index (χ1v) is 7.19. The molecule has 1 heterocycles. The number of hydrogen-bond donors (Lipinski definition) is 1. The van der Waals surface area contributed by atoms with Crippen LogP contribution in [0.2, 0.25) is 0 Å². The monoisotopic (exact) mass is 289 g/mol. The van der Waals surface area contributed by atoms with E-state index in [1.165, 1.54) is 6.07 Å². The fraction of sp³-hybridized carbons (Fsp3) is 0.375. The van der Waals surface area contributed by atoms with Gasteiger partial charge >= 0.3 is 0 Å². The maximum atomic E-state index is 13.7. The number of rotatable bonds is 6. The third-order valence-electron chi connectivity index (χ3n) is 3.05. The van der Waals surface area contributed by atoms with Gasteiger partial charge in [0.25, 0.3) is 0 Å². The van der Waals surface area contributed by atoms with E-state index in [0.717, 1.165) is 24.3 Å². The Morgan fingerprint density at radius 3 is 2.62 bits per heavy atom. The summed E-state index contributed by atoms with van der Waals surface area (Å²) >= 11 is 0. The van der Waals surface area contributed by atoms with Crippen LogP contribution in [-0.4, -0.2) is 16.5 Å². The van der Waals surface area contributed by atoms with Gasteiger partial charge in [-0.25, -0.2) is 9.37 Å². The van der Waals surface area contributed by atoms with Crippen molar-refractivity contribution >= 4 is 5.82 Å². The maximum absolute atomic E-state index is 13.7. The van der Waals surface area contributed by atoms with Gasteiger partial charge in [0.15, 0.2) is 11.6 Å². The van der Waals surface area contributed by atoms with Gasteiger partial charge in [-0.05, 0) is 25.5 Å². The van der Waals surface area contributed by atoms with E-state index in [0.29, 0.717) is 18.1 Å². The van der Waals surface area contributed by atoms with Crippen LogP contribution in [0.25, 0.3) is 0 Å². The third kappa shape index (κ3) is 3.68. The molecular formula is C16H20FN3O. The second-order valence-corrected chi connectivity index (χ2v) is 4.73. The highest BCUT2D eigenvalue weighted by Gasteiger charge is 2.13. The molecule has 112 valence electrons. The quantitative estimate of drug-likeness (QED) is 0.869. The number of halogens is 1. The molecule has 1 N–H and O–H groups in total. The molecule has 1 aromatic heterocycles. The van der Waals surface area contributed by atoms with E-state index in [1.54, 1.807) is 18.2 Å². The van der Waals surface area contributed by atoms with Gasteiger partial charge < -0.3 is 10.1 Å². The molecule has 1 aromatic carbocycles. The summed E-state index contributed by atoms with van der Waals surface area (Å²) in [7, 11) is 0. The molecule has 0 radical (unpaired) electrons. The van der Waals surface area contributed by atoms with Crippen molar-refractivity contribution in [2.24, 2.45) is 0 Å². The second-order valence-electron chi connectivity index (χ2n) is 4.73. The van der Waals surface area contributed by atoms with Crippen LogP contribution in [0.3, 0.4) is 0 Å². The summed E-state index contributed by atoms with van der Waals surface area (Å²) < 4.78 is 19.3. The molecule has 2 rings (SSSR count). The number of aromatic nitrogens is 2. The van der Waals surface area contributed by atoms with Crippen LogP contribution in [0.15, 0.2) is 24.3 Å². The van der Waals surface area contributed by atoms with Crippen molar-refractivity contribution in [1.29, 1.82) is 0 Å². The van der Waals surface area contributed by atoms with E-state index in [-0.39, 0.29) is 5.75 Å². The topological polar surface area (TPSA) is 47.0 Å². The van der Waals surface area contributed by atoms with Gasteiger partial charge in [-0.15, -0.1) is 0 Å². The Bertz CT molecular complexity index is 616. The fourth-order valence-electron chi connectivity index (χ4n) is 1.84. The summed E-state index contributed by atoms with van der Waals surface area (Å²) in [6.45, 7) is 6.75. The molecule has 0 fully saturated rings. The van der Waals surface area contributed by atoms with E-state index >= 15 is 0 Å². The predicted molar refractivity (Wildman–Crippen MR) is 81.4 cm³/mol. The molecule has 21 heavy (non-hydrogen) atoms. The molecule has 0 spiro atoms. The SMILES string of the molecule is CCCNc1nc(CC)nc(Oc2ccccc2F)c1C. The van der Waals surface area contributed by atoms with Crippen molar-refractivity contribution in [3.05, 3.63) is 41.5 Å². The number of benzene rings is 1. The number of hydrogen-bond acceptors (Lipinski definition) is 4. The lowest BCUT2D eigenvalue weighted by Crippen LogP contribution is -2.08. The van der Waals surface area contributed by atoms with Crippen molar-refractivity contribution < 1.29 is 9.13 Å². The standard InChI is InChI=1S/C16H20FN3O/c1-4-10-18-15-11(3)16(20-14(5-2)19-15)21-13-9-7-6-8-12(13)17/h6-9H,4-5,10H2,1-3H3,(H,18,19,20).